The molecule has 0 aliphatic heterocycles. The van der Waals surface area contributed by atoms with E-state index < -0.39 is 21.2 Å². The molecule has 0 fully saturated rings. The lowest BCUT2D eigenvalue weighted by atomic mass is 9.95. The van der Waals surface area contributed by atoms with E-state index in [0.717, 1.165) is 0 Å². The summed E-state index contributed by atoms with van der Waals surface area (Å²) in [5.74, 6) is -1.07. The molecule has 0 saturated carbocycles. The van der Waals surface area contributed by atoms with Gasteiger partial charge in [0.1, 0.15) is 5.54 Å². The highest BCUT2D eigenvalue weighted by molar-refractivity contribution is 7.91. The van der Waals surface area contributed by atoms with Crippen molar-refractivity contribution in [2.45, 2.75) is 25.3 Å². The molecule has 0 heterocycles. The van der Waals surface area contributed by atoms with Crippen LogP contribution in [-0.2, 0) is 14.5 Å². The van der Waals surface area contributed by atoms with Gasteiger partial charge in [-0.15, -0.1) is 0 Å². The number of aliphatic carboxylic acids is 1. The molecule has 0 spiro atoms. The Morgan fingerprint density at radius 3 is 2.38 bits per heavy atom. The van der Waals surface area contributed by atoms with E-state index in [1.807, 2.05) is 0 Å². The molecule has 0 saturated heterocycles. The second kappa shape index (κ2) is 4.06. The van der Waals surface area contributed by atoms with Crippen LogP contribution in [0.5, 0.6) is 0 Å². The van der Waals surface area contributed by atoms with Crippen molar-refractivity contribution >= 4 is 15.7 Å². The van der Waals surface area contributed by atoms with Gasteiger partial charge in [0.05, 0.1) is 0 Å². The molecule has 0 amide bonds. The van der Waals surface area contributed by atoms with E-state index >= 15 is 0 Å². The van der Waals surface area contributed by atoms with Gasteiger partial charge < -0.3 is 10.8 Å². The summed E-state index contributed by atoms with van der Waals surface area (Å²) in [5.41, 5.74) is 4.21. The SMILES string of the molecule is CC[C@@](N)(CC[S@@](C)(=N)=O)C(=O)O. The third-order valence-electron chi connectivity index (χ3n) is 1.99. The molecule has 4 N–H and O–H groups in total. The van der Waals surface area contributed by atoms with Crippen LogP contribution < -0.4 is 5.73 Å². The average molecular weight is 208 g/mol. The summed E-state index contributed by atoms with van der Waals surface area (Å²) in [7, 11) is -2.64. The average Bonchev–Trinajstić information content (AvgIpc) is 1.98. The summed E-state index contributed by atoms with van der Waals surface area (Å²) in [4.78, 5) is 10.7. The number of carbonyl (C=O) groups is 1. The molecule has 13 heavy (non-hydrogen) atoms. The van der Waals surface area contributed by atoms with Crippen LogP contribution in [0.1, 0.15) is 19.8 Å². The van der Waals surface area contributed by atoms with Crippen LogP contribution in [0.4, 0.5) is 0 Å². The highest BCUT2D eigenvalue weighted by atomic mass is 32.2. The Morgan fingerprint density at radius 2 is 2.15 bits per heavy atom. The van der Waals surface area contributed by atoms with Crippen LogP contribution in [0.15, 0.2) is 0 Å². The number of hydrogen-bond acceptors (Lipinski definition) is 4. The van der Waals surface area contributed by atoms with Crippen molar-refractivity contribution in [3.63, 3.8) is 0 Å². The van der Waals surface area contributed by atoms with Gasteiger partial charge in [0.2, 0.25) is 0 Å². The smallest absolute Gasteiger partial charge is 0.323 e. The highest BCUT2D eigenvalue weighted by Gasteiger charge is 2.31. The van der Waals surface area contributed by atoms with Crippen LogP contribution in [0.25, 0.3) is 0 Å². The van der Waals surface area contributed by atoms with Gasteiger partial charge in [-0.3, -0.25) is 13.8 Å². The van der Waals surface area contributed by atoms with Gasteiger partial charge in [0, 0.05) is 21.7 Å². The Morgan fingerprint density at radius 1 is 1.69 bits per heavy atom. The van der Waals surface area contributed by atoms with Gasteiger partial charge in [-0.05, 0) is 12.8 Å². The Kier molecular flexibility index (Phi) is 3.87. The van der Waals surface area contributed by atoms with Crippen molar-refractivity contribution in [1.29, 1.82) is 4.78 Å². The molecule has 0 rings (SSSR count). The van der Waals surface area contributed by atoms with E-state index in [-0.39, 0.29) is 18.6 Å². The number of hydrogen-bond donors (Lipinski definition) is 3. The fourth-order valence-electron chi connectivity index (χ4n) is 0.812. The van der Waals surface area contributed by atoms with E-state index in [4.69, 9.17) is 15.6 Å². The van der Waals surface area contributed by atoms with Crippen molar-refractivity contribution in [3.8, 4) is 0 Å². The summed E-state index contributed by atoms with van der Waals surface area (Å²) in [5, 5.41) is 8.75. The molecule has 0 aromatic rings. The monoisotopic (exact) mass is 208 g/mol. The molecule has 6 heteroatoms. The minimum Gasteiger partial charge on any atom is -0.480 e. The topological polar surface area (TPSA) is 104 Å². The Balaban J connectivity index is 4.39. The maximum absolute atomic E-state index is 11.0. The van der Waals surface area contributed by atoms with E-state index in [2.05, 4.69) is 0 Å². The predicted molar refractivity (Wildman–Crippen MR) is 51.1 cm³/mol. The molecular weight excluding hydrogens is 192 g/mol. The Hall–Kier alpha value is -0.620. The van der Waals surface area contributed by atoms with Crippen LogP contribution >= 0.6 is 0 Å². The fraction of sp³-hybridized carbons (Fsp3) is 0.857. The van der Waals surface area contributed by atoms with Crippen molar-refractivity contribution in [2.24, 2.45) is 5.73 Å². The van der Waals surface area contributed by atoms with E-state index in [0.29, 0.717) is 0 Å². The normalized spacial score (nSPS) is 20.2. The summed E-state index contributed by atoms with van der Waals surface area (Å²) < 4.78 is 18.1. The number of carboxylic acids is 1. The second-order valence-electron chi connectivity index (χ2n) is 3.27. The molecule has 0 unspecified atom stereocenters. The number of carboxylic acid groups (broad SMARTS) is 1. The number of nitrogens with one attached hydrogen (secondary N) is 1. The van der Waals surface area contributed by atoms with Crippen molar-refractivity contribution < 1.29 is 14.1 Å². The molecule has 5 nitrogen and oxygen atoms in total. The number of rotatable bonds is 5. The molecule has 78 valence electrons. The lowest BCUT2D eigenvalue weighted by molar-refractivity contribution is -0.143. The van der Waals surface area contributed by atoms with Gasteiger partial charge in [-0.2, -0.15) is 0 Å². The summed E-state index contributed by atoms with van der Waals surface area (Å²) >= 11 is 0. The molecule has 0 aliphatic carbocycles. The molecule has 0 aromatic carbocycles. The molecule has 0 bridgehead atoms. The van der Waals surface area contributed by atoms with Gasteiger partial charge >= 0.3 is 5.97 Å². The van der Waals surface area contributed by atoms with E-state index in [1.165, 1.54) is 6.26 Å². The quantitative estimate of drug-likeness (QED) is 0.602. The van der Waals surface area contributed by atoms with Crippen molar-refractivity contribution in [3.05, 3.63) is 0 Å². The minimum atomic E-state index is -2.64. The first-order chi connectivity index (χ1) is 5.71. The van der Waals surface area contributed by atoms with Gasteiger partial charge in [0.25, 0.3) is 0 Å². The first-order valence-corrected chi connectivity index (χ1v) is 6.08. The largest absolute Gasteiger partial charge is 0.480 e. The van der Waals surface area contributed by atoms with Crippen molar-refractivity contribution in [1.82, 2.24) is 0 Å². The third-order valence-corrected chi connectivity index (χ3v) is 2.98. The van der Waals surface area contributed by atoms with Crippen molar-refractivity contribution in [2.75, 3.05) is 12.0 Å². The molecule has 0 aliphatic rings. The van der Waals surface area contributed by atoms with Crippen LogP contribution in [0, 0.1) is 4.78 Å². The summed E-state index contributed by atoms with van der Waals surface area (Å²) in [6.07, 6.45) is 1.64. The molecular formula is C7H16N2O3S. The van der Waals surface area contributed by atoms with E-state index in [9.17, 15) is 9.00 Å². The first kappa shape index (κ1) is 12.4. The van der Waals surface area contributed by atoms with Gasteiger partial charge in [-0.25, -0.2) is 0 Å². The number of nitrogens with two attached hydrogens (primary N) is 1. The second-order valence-corrected chi connectivity index (χ2v) is 5.69. The van der Waals surface area contributed by atoms with Crippen LogP contribution in [-0.4, -0.2) is 32.8 Å². The zero-order chi connectivity index (χ0) is 10.7. The highest BCUT2D eigenvalue weighted by Crippen LogP contribution is 2.13. The lowest BCUT2D eigenvalue weighted by Gasteiger charge is -2.22. The zero-order valence-corrected chi connectivity index (χ0v) is 8.69. The maximum Gasteiger partial charge on any atom is 0.323 e. The Labute approximate surface area is 78.3 Å². The van der Waals surface area contributed by atoms with Gasteiger partial charge in [0.15, 0.2) is 0 Å². The molecule has 0 radical (unpaired) electrons. The third kappa shape index (κ3) is 4.23. The fourth-order valence-corrected chi connectivity index (χ4v) is 1.57. The molecule has 0 aromatic heterocycles. The van der Waals surface area contributed by atoms with Crippen LogP contribution in [0.3, 0.4) is 0 Å². The minimum absolute atomic E-state index is 0.0314. The Bertz CT molecular complexity index is 286. The molecule has 2 atom stereocenters. The van der Waals surface area contributed by atoms with Gasteiger partial charge in [-0.1, -0.05) is 6.92 Å². The zero-order valence-electron chi connectivity index (χ0n) is 7.87. The maximum atomic E-state index is 11.0. The lowest BCUT2D eigenvalue weighted by Crippen LogP contribution is -2.48. The first-order valence-electron chi connectivity index (χ1n) is 3.95. The van der Waals surface area contributed by atoms with Crippen LogP contribution in [0.2, 0.25) is 0 Å². The predicted octanol–water partition coefficient (Wildman–Crippen LogP) is 0.245. The summed E-state index contributed by atoms with van der Waals surface area (Å²) in [6, 6.07) is 0. The standard InChI is InChI=1S/C7H16N2O3S/c1-3-7(8,6(10)11)4-5-13(2,9)12/h9H,3-5,8H2,1-2H3,(H,10,11)/t7-,13+/m1/s1. The van der Waals surface area contributed by atoms with E-state index in [1.54, 1.807) is 6.92 Å². The summed E-state index contributed by atoms with van der Waals surface area (Å²) in [6.45, 7) is 1.66.